The molecule has 0 fully saturated rings. The number of nitrogens with two attached hydrogens (primary N) is 1. The maximum Gasteiger partial charge on any atom is 0.174 e. The Hall–Kier alpha value is -4.77. The van der Waals surface area contributed by atoms with Crippen molar-refractivity contribution >= 4 is 29.0 Å². The summed E-state index contributed by atoms with van der Waals surface area (Å²) >= 11 is 1.14. The lowest BCUT2D eigenvalue weighted by atomic mass is 10.0. The van der Waals surface area contributed by atoms with E-state index in [4.69, 9.17) is 19.9 Å². The van der Waals surface area contributed by atoms with Gasteiger partial charge in [0.2, 0.25) is 0 Å². The van der Waals surface area contributed by atoms with E-state index < -0.39 is 17.5 Å². The second kappa shape index (κ2) is 12.6. The molecule has 0 amide bonds. The Balaban J connectivity index is 1.52. The lowest BCUT2D eigenvalue weighted by molar-refractivity contribution is 0.355. The van der Waals surface area contributed by atoms with Crippen molar-refractivity contribution in [1.29, 1.82) is 0 Å². The molecule has 0 aliphatic carbocycles. The number of benzene rings is 4. The molecule has 0 bridgehead atoms. The molecule has 4 aromatic carbocycles. The average molecular weight is 607 g/mol. The molecule has 1 aromatic heterocycles. The third kappa shape index (κ3) is 6.07. The summed E-state index contributed by atoms with van der Waals surface area (Å²) in [6, 6.07) is 19.2. The van der Waals surface area contributed by atoms with Crippen molar-refractivity contribution in [1.82, 2.24) is 9.55 Å². The van der Waals surface area contributed by atoms with Gasteiger partial charge in [0, 0.05) is 41.9 Å². The summed E-state index contributed by atoms with van der Waals surface area (Å²) in [6.45, 7) is 0. The first kappa shape index (κ1) is 29.7. The van der Waals surface area contributed by atoms with Gasteiger partial charge in [-0.3, -0.25) is 4.57 Å². The van der Waals surface area contributed by atoms with Gasteiger partial charge in [-0.15, -0.1) is 0 Å². The summed E-state index contributed by atoms with van der Waals surface area (Å²) in [7, 11) is 6.31. The minimum atomic E-state index is -0.677. The van der Waals surface area contributed by atoms with Crippen LogP contribution in [-0.4, -0.2) is 37.9 Å². The molecule has 0 aliphatic heterocycles. The average Bonchev–Trinajstić information content (AvgIpc) is 3.44. The Morgan fingerprint density at radius 3 is 2.09 bits per heavy atom. The highest BCUT2D eigenvalue weighted by atomic mass is 32.2. The minimum Gasteiger partial charge on any atom is -0.494 e. The number of rotatable bonds is 10. The fraction of sp³-hybridized carbons (Fsp3) is 0.156. The number of anilines is 3. The minimum absolute atomic E-state index is 0.0391. The van der Waals surface area contributed by atoms with Crippen LogP contribution < -0.4 is 24.8 Å². The van der Waals surface area contributed by atoms with Crippen molar-refractivity contribution in [3.05, 3.63) is 102 Å². The monoisotopic (exact) mass is 606 g/mol. The highest BCUT2D eigenvalue weighted by molar-refractivity contribution is 7.98. The largest absolute Gasteiger partial charge is 0.494 e. The summed E-state index contributed by atoms with van der Waals surface area (Å²) in [5, 5.41) is 0.428. The second-order valence-corrected chi connectivity index (χ2v) is 10.4. The zero-order valence-corrected chi connectivity index (χ0v) is 24.7. The first-order valence-corrected chi connectivity index (χ1v) is 14.1. The number of ether oxygens (including phenoxy) is 3. The van der Waals surface area contributed by atoms with Crippen LogP contribution in [0.25, 0.3) is 16.8 Å². The topological polar surface area (TPSA) is 74.8 Å². The lowest BCUT2D eigenvalue weighted by Crippen LogP contribution is -2.14. The predicted molar refractivity (Wildman–Crippen MR) is 163 cm³/mol. The van der Waals surface area contributed by atoms with E-state index >= 15 is 8.78 Å². The van der Waals surface area contributed by atoms with E-state index in [0.717, 1.165) is 17.4 Å². The molecule has 0 saturated carbocycles. The summed E-state index contributed by atoms with van der Waals surface area (Å²) in [5.74, 6) is -0.189. The number of aromatic nitrogens is 2. The van der Waals surface area contributed by atoms with Crippen LogP contribution >= 0.6 is 11.8 Å². The van der Waals surface area contributed by atoms with Crippen molar-refractivity contribution in [2.75, 3.05) is 39.0 Å². The van der Waals surface area contributed by atoms with Crippen molar-refractivity contribution in [2.24, 2.45) is 0 Å². The van der Waals surface area contributed by atoms with Crippen LogP contribution in [0.4, 0.5) is 30.4 Å². The van der Waals surface area contributed by atoms with Crippen molar-refractivity contribution in [3.63, 3.8) is 0 Å². The molecule has 2 N–H and O–H groups in total. The van der Waals surface area contributed by atoms with E-state index in [1.165, 1.54) is 31.4 Å². The van der Waals surface area contributed by atoms with E-state index in [0.29, 0.717) is 45.0 Å². The van der Waals surface area contributed by atoms with Crippen molar-refractivity contribution < 1.29 is 27.4 Å². The van der Waals surface area contributed by atoms with Gasteiger partial charge in [0.15, 0.2) is 28.2 Å². The van der Waals surface area contributed by atoms with Crippen LogP contribution in [0.1, 0.15) is 5.56 Å². The van der Waals surface area contributed by atoms with Crippen molar-refractivity contribution in [2.45, 2.75) is 10.9 Å². The normalized spacial score (nSPS) is 11.0. The first-order chi connectivity index (χ1) is 20.7. The quantitative estimate of drug-likeness (QED) is 0.129. The molecule has 0 aliphatic rings. The maximum atomic E-state index is 15.2. The lowest BCUT2D eigenvalue weighted by Gasteiger charge is -2.23. The van der Waals surface area contributed by atoms with Crippen LogP contribution in [0.5, 0.6) is 17.2 Å². The molecule has 5 rings (SSSR count). The molecule has 0 unspecified atom stereocenters. The Kier molecular flexibility index (Phi) is 8.72. The van der Waals surface area contributed by atoms with E-state index in [-0.39, 0.29) is 17.1 Å². The zero-order chi connectivity index (χ0) is 30.7. The fourth-order valence-corrected chi connectivity index (χ4v) is 5.59. The van der Waals surface area contributed by atoms with Gasteiger partial charge in [0.1, 0.15) is 17.5 Å². The molecule has 0 radical (unpaired) electrons. The zero-order valence-electron chi connectivity index (χ0n) is 23.9. The molecule has 0 saturated heterocycles. The third-order valence-corrected chi connectivity index (χ3v) is 7.91. The predicted octanol–water partition coefficient (Wildman–Crippen LogP) is 7.62. The highest BCUT2D eigenvalue weighted by Crippen LogP contribution is 2.38. The summed E-state index contributed by atoms with van der Waals surface area (Å²) < 4.78 is 62.6. The van der Waals surface area contributed by atoms with Gasteiger partial charge in [0.25, 0.3) is 0 Å². The maximum absolute atomic E-state index is 15.2. The van der Waals surface area contributed by atoms with Gasteiger partial charge in [-0.05, 0) is 59.7 Å². The number of thioether (sulfide) groups is 1. The number of nitrogens with zero attached hydrogens (tertiary/aromatic N) is 3. The van der Waals surface area contributed by atoms with Crippen LogP contribution in [0.2, 0.25) is 0 Å². The highest BCUT2D eigenvalue weighted by Gasteiger charge is 2.21. The molecule has 1 heterocycles. The SMILES string of the molecule is COc1cc(-n2c(N(C)c3ccc(OC)c(OC)c3)cnc2SCc2c(F)cc(-c3ccc(N)cc3)cc2F)ccc1F. The van der Waals surface area contributed by atoms with E-state index in [1.807, 2.05) is 24.1 Å². The molecule has 5 aromatic rings. The first-order valence-electron chi connectivity index (χ1n) is 13.1. The number of imidazole rings is 1. The number of hydrogen-bond donors (Lipinski definition) is 1. The molecule has 7 nitrogen and oxygen atoms in total. The number of hydrogen-bond acceptors (Lipinski definition) is 7. The van der Waals surface area contributed by atoms with E-state index in [9.17, 15) is 4.39 Å². The third-order valence-electron chi connectivity index (χ3n) is 6.93. The molecule has 11 heteroatoms. The molecule has 222 valence electrons. The second-order valence-electron chi connectivity index (χ2n) is 9.48. The number of halogens is 3. The summed E-state index contributed by atoms with van der Waals surface area (Å²) in [4.78, 5) is 6.44. The van der Waals surface area contributed by atoms with Gasteiger partial charge in [0.05, 0.1) is 33.2 Å². The van der Waals surface area contributed by atoms with E-state index in [1.54, 1.807) is 61.4 Å². The molecule has 0 spiro atoms. The molecular formula is C32H29F3N4O3S. The molecular weight excluding hydrogens is 577 g/mol. The smallest absolute Gasteiger partial charge is 0.174 e. The van der Waals surface area contributed by atoms with Gasteiger partial charge in [-0.2, -0.15) is 0 Å². The standard InChI is InChI=1S/C32H29F3N4O3S/c1-38(22-10-12-28(40-2)30(15-22)42-4)31-17-37-32(39(31)23-9-11-25(33)29(16-23)41-3)43-18-24-26(34)13-20(14-27(24)35)19-5-7-21(36)8-6-19/h5-17H,18,36H2,1-4H3. The van der Waals surface area contributed by atoms with Crippen LogP contribution in [0, 0.1) is 17.5 Å². The van der Waals surface area contributed by atoms with Crippen LogP contribution in [0.15, 0.2) is 84.1 Å². The Bertz CT molecular complexity index is 1740. The Labute approximate surface area is 251 Å². The number of methoxy groups -OCH3 is 3. The summed E-state index contributed by atoms with van der Waals surface area (Å²) in [5.41, 5.74) is 8.55. The Morgan fingerprint density at radius 2 is 1.44 bits per heavy atom. The van der Waals surface area contributed by atoms with Crippen molar-refractivity contribution in [3.8, 4) is 34.1 Å². The summed E-state index contributed by atoms with van der Waals surface area (Å²) in [6.07, 6.45) is 1.63. The Morgan fingerprint density at radius 1 is 0.767 bits per heavy atom. The van der Waals surface area contributed by atoms with Gasteiger partial charge in [-0.1, -0.05) is 23.9 Å². The number of nitrogen functional groups attached to an aromatic ring is 1. The molecule has 0 atom stereocenters. The van der Waals surface area contributed by atoms with Crippen LogP contribution in [-0.2, 0) is 5.75 Å². The van der Waals surface area contributed by atoms with Crippen LogP contribution in [0.3, 0.4) is 0 Å². The molecule has 43 heavy (non-hydrogen) atoms. The van der Waals surface area contributed by atoms with Gasteiger partial charge >= 0.3 is 0 Å². The van der Waals surface area contributed by atoms with Gasteiger partial charge < -0.3 is 24.8 Å². The fourth-order valence-electron chi connectivity index (χ4n) is 4.58. The van der Waals surface area contributed by atoms with Gasteiger partial charge in [-0.25, -0.2) is 18.2 Å². The van der Waals surface area contributed by atoms with E-state index in [2.05, 4.69) is 4.98 Å².